The molecule has 1 aromatic carbocycles. The number of hydrogen-bond acceptors (Lipinski definition) is 6. The summed E-state index contributed by atoms with van der Waals surface area (Å²) in [5, 5.41) is 23.4. The van der Waals surface area contributed by atoms with Crippen LogP contribution in [0.3, 0.4) is 0 Å². The van der Waals surface area contributed by atoms with Crippen molar-refractivity contribution in [2.45, 2.75) is 77.0 Å². The molecule has 1 saturated heterocycles. The summed E-state index contributed by atoms with van der Waals surface area (Å²) in [5.74, 6) is 0.664. The maximum Gasteiger partial charge on any atom is 0.410 e. The number of allylic oxidation sites excluding steroid dienone is 3. The molecule has 3 N–H and O–H groups in total. The van der Waals surface area contributed by atoms with Crippen LogP contribution in [0, 0.1) is 5.92 Å². The molecule has 7 nitrogen and oxygen atoms in total. The third kappa shape index (κ3) is 8.71. The van der Waals surface area contributed by atoms with Crippen molar-refractivity contribution in [3.63, 3.8) is 0 Å². The molecule has 0 radical (unpaired) electrons. The number of rotatable bonds is 13. The number of anilines is 1. The maximum atomic E-state index is 12.5. The van der Waals surface area contributed by atoms with E-state index in [-0.39, 0.29) is 30.8 Å². The van der Waals surface area contributed by atoms with Gasteiger partial charge < -0.3 is 29.9 Å². The minimum Gasteiger partial charge on any atom is -0.495 e. The van der Waals surface area contributed by atoms with E-state index >= 15 is 0 Å². The van der Waals surface area contributed by atoms with Gasteiger partial charge in [0, 0.05) is 33.2 Å². The molecule has 1 aliphatic heterocycles. The number of benzene rings is 1. The minimum absolute atomic E-state index is 0.0174. The minimum atomic E-state index is -0.891. The molecule has 1 unspecified atom stereocenters. The SMILES string of the molecule is CNc1cc(C/C(C)=C/C=C/CC2C[C@@H]([C@@H](C)C[C@@](C)(O)CCCO)OC(=O)N2C)cc(OC)c1Cl. The largest absolute Gasteiger partial charge is 0.495 e. The number of amides is 1. The molecule has 0 aromatic heterocycles. The van der Waals surface area contributed by atoms with Gasteiger partial charge in [0.2, 0.25) is 0 Å². The topological polar surface area (TPSA) is 91.3 Å². The maximum absolute atomic E-state index is 12.5. The van der Waals surface area contributed by atoms with Gasteiger partial charge in [0.25, 0.3) is 0 Å². The smallest absolute Gasteiger partial charge is 0.410 e. The number of hydrogen-bond donors (Lipinski definition) is 3. The van der Waals surface area contributed by atoms with Crippen LogP contribution in [-0.4, -0.2) is 66.8 Å². The van der Waals surface area contributed by atoms with Crippen molar-refractivity contribution in [3.8, 4) is 5.75 Å². The number of nitrogens with one attached hydrogen (secondary N) is 1. The van der Waals surface area contributed by atoms with E-state index in [1.165, 1.54) is 5.57 Å². The lowest BCUT2D eigenvalue weighted by molar-refractivity contribution is -0.0442. The van der Waals surface area contributed by atoms with Crippen molar-refractivity contribution in [1.82, 2.24) is 4.90 Å². The van der Waals surface area contributed by atoms with Crippen molar-refractivity contribution >= 4 is 23.4 Å². The summed E-state index contributed by atoms with van der Waals surface area (Å²) in [6.45, 7) is 5.93. The van der Waals surface area contributed by atoms with Gasteiger partial charge in [-0.25, -0.2) is 4.79 Å². The zero-order valence-electron chi connectivity index (χ0n) is 22.5. The summed E-state index contributed by atoms with van der Waals surface area (Å²) in [6.07, 6.45) is 9.42. The number of cyclic esters (lactones) is 1. The van der Waals surface area contributed by atoms with Crippen molar-refractivity contribution in [2.24, 2.45) is 5.92 Å². The first-order chi connectivity index (χ1) is 17.0. The molecule has 0 bridgehead atoms. The number of halogens is 1. The molecule has 36 heavy (non-hydrogen) atoms. The van der Waals surface area contributed by atoms with E-state index in [0.29, 0.717) is 36.5 Å². The van der Waals surface area contributed by atoms with Gasteiger partial charge in [-0.15, -0.1) is 0 Å². The van der Waals surface area contributed by atoms with Gasteiger partial charge in [-0.1, -0.05) is 42.3 Å². The Kier molecular flexibility index (Phi) is 11.6. The summed E-state index contributed by atoms with van der Waals surface area (Å²) < 4.78 is 11.1. The summed E-state index contributed by atoms with van der Waals surface area (Å²) >= 11 is 6.33. The van der Waals surface area contributed by atoms with Crippen LogP contribution in [0.4, 0.5) is 10.5 Å². The second-order valence-electron chi connectivity index (χ2n) is 10.2. The first kappa shape index (κ1) is 30.0. The fourth-order valence-corrected chi connectivity index (χ4v) is 5.04. The molecular weight excluding hydrogens is 480 g/mol. The Morgan fingerprint density at radius 1 is 1.44 bits per heavy atom. The van der Waals surface area contributed by atoms with E-state index in [0.717, 1.165) is 24.1 Å². The zero-order valence-corrected chi connectivity index (χ0v) is 23.3. The van der Waals surface area contributed by atoms with E-state index in [9.17, 15) is 9.90 Å². The van der Waals surface area contributed by atoms with Crippen LogP contribution in [0.5, 0.6) is 5.75 Å². The van der Waals surface area contributed by atoms with Gasteiger partial charge >= 0.3 is 6.09 Å². The molecule has 1 aromatic rings. The van der Waals surface area contributed by atoms with E-state index in [1.807, 2.05) is 32.2 Å². The molecule has 4 atom stereocenters. The lowest BCUT2D eigenvalue weighted by Crippen LogP contribution is -2.49. The van der Waals surface area contributed by atoms with Crippen LogP contribution in [0.15, 0.2) is 35.9 Å². The average Bonchev–Trinajstić information content (AvgIpc) is 2.83. The number of aliphatic hydroxyl groups excluding tert-OH is 1. The molecule has 0 aliphatic carbocycles. The second kappa shape index (κ2) is 13.9. The van der Waals surface area contributed by atoms with Gasteiger partial charge in [-0.05, 0) is 69.6 Å². The van der Waals surface area contributed by atoms with Gasteiger partial charge in [-0.3, -0.25) is 0 Å². The highest BCUT2D eigenvalue weighted by Gasteiger charge is 2.37. The Hall–Kier alpha value is -2.22. The molecule has 1 aliphatic rings. The number of carbonyl (C=O) groups is 1. The summed E-state index contributed by atoms with van der Waals surface area (Å²) in [5.41, 5.74) is 2.23. The lowest BCUT2D eigenvalue weighted by Gasteiger charge is -2.40. The Morgan fingerprint density at radius 3 is 2.81 bits per heavy atom. The fraction of sp³-hybridized carbons (Fsp3) is 0.607. The average molecular weight is 523 g/mol. The quantitative estimate of drug-likeness (QED) is 0.293. The fourth-order valence-electron chi connectivity index (χ4n) is 4.76. The highest BCUT2D eigenvalue weighted by atomic mass is 35.5. The number of carbonyl (C=O) groups excluding carboxylic acids is 1. The third-order valence-electron chi connectivity index (χ3n) is 6.86. The van der Waals surface area contributed by atoms with Crippen LogP contribution in [0.25, 0.3) is 0 Å². The predicted octanol–water partition coefficient (Wildman–Crippen LogP) is 5.58. The van der Waals surface area contributed by atoms with E-state index in [4.69, 9.17) is 26.2 Å². The van der Waals surface area contributed by atoms with Crippen LogP contribution >= 0.6 is 11.6 Å². The molecule has 2 rings (SSSR count). The molecule has 1 fully saturated rings. The lowest BCUT2D eigenvalue weighted by atomic mass is 9.84. The number of methoxy groups -OCH3 is 1. The van der Waals surface area contributed by atoms with Crippen LogP contribution in [-0.2, 0) is 11.2 Å². The first-order valence-corrected chi connectivity index (χ1v) is 13.0. The molecule has 0 saturated carbocycles. The molecule has 8 heteroatoms. The standard InChI is InChI=1S/C28H43ClN2O5/c1-19(14-21-15-23(30-4)26(29)25(16-21)35-6)10-7-8-11-22-17-24(36-27(33)31(22)5)20(2)18-28(3,34)12-9-13-32/h7-8,10,15-16,20,22,24,30,32,34H,9,11-14,17-18H2,1-6H3/b8-7+,19-10+/t20-,22?,24-,28-/m0/s1. The van der Waals surface area contributed by atoms with Crippen molar-refractivity contribution < 1.29 is 24.5 Å². The predicted molar refractivity (Wildman–Crippen MR) is 146 cm³/mol. The first-order valence-electron chi connectivity index (χ1n) is 12.6. The highest BCUT2D eigenvalue weighted by Crippen LogP contribution is 2.34. The number of ether oxygens (including phenoxy) is 2. The Bertz CT molecular complexity index is 906. The molecular formula is C28H43ClN2O5. The van der Waals surface area contributed by atoms with Crippen LogP contribution in [0.1, 0.15) is 58.4 Å². The van der Waals surface area contributed by atoms with Gasteiger partial charge in [-0.2, -0.15) is 0 Å². The van der Waals surface area contributed by atoms with Gasteiger partial charge in [0.15, 0.2) is 0 Å². The number of nitrogens with zero attached hydrogens (tertiary/aromatic N) is 1. The van der Waals surface area contributed by atoms with Gasteiger partial charge in [0.05, 0.1) is 18.4 Å². The van der Waals surface area contributed by atoms with Crippen molar-refractivity contribution in [1.29, 1.82) is 0 Å². The van der Waals surface area contributed by atoms with Crippen LogP contribution in [0.2, 0.25) is 5.02 Å². The third-order valence-corrected chi connectivity index (χ3v) is 7.25. The van der Waals surface area contributed by atoms with E-state index in [2.05, 4.69) is 24.4 Å². The molecule has 1 heterocycles. The number of aliphatic hydroxyl groups is 2. The van der Waals surface area contributed by atoms with E-state index < -0.39 is 5.60 Å². The molecule has 0 spiro atoms. The van der Waals surface area contributed by atoms with Crippen molar-refractivity contribution in [2.75, 3.05) is 33.1 Å². The van der Waals surface area contributed by atoms with Gasteiger partial charge in [0.1, 0.15) is 16.9 Å². The zero-order chi connectivity index (χ0) is 26.9. The van der Waals surface area contributed by atoms with Crippen molar-refractivity contribution in [3.05, 3.63) is 46.5 Å². The normalized spacial score (nSPS) is 21.3. The summed E-state index contributed by atoms with van der Waals surface area (Å²) in [4.78, 5) is 14.1. The molecule has 1 amide bonds. The van der Waals surface area contributed by atoms with Crippen LogP contribution < -0.4 is 10.1 Å². The second-order valence-corrected chi connectivity index (χ2v) is 10.6. The van der Waals surface area contributed by atoms with E-state index in [1.54, 1.807) is 26.0 Å². The Morgan fingerprint density at radius 2 is 2.17 bits per heavy atom. The Balaban J connectivity index is 1.98. The summed E-state index contributed by atoms with van der Waals surface area (Å²) in [7, 11) is 5.21. The highest BCUT2D eigenvalue weighted by molar-refractivity contribution is 6.34. The monoisotopic (exact) mass is 522 g/mol. The summed E-state index contributed by atoms with van der Waals surface area (Å²) in [6, 6.07) is 4.01. The Labute approximate surface area is 221 Å². The molecule has 202 valence electrons.